The van der Waals surface area contributed by atoms with Gasteiger partial charge in [-0.05, 0) is 12.8 Å². The van der Waals surface area contributed by atoms with Crippen LogP contribution in [0.2, 0.25) is 0 Å². The number of rotatable bonds is 27. The molecule has 2 atom stereocenters. The number of unbranched alkanes of at least 4 members (excludes halogenated alkanes) is 14. The highest BCUT2D eigenvalue weighted by atomic mass is 31.2. The van der Waals surface area contributed by atoms with Crippen molar-refractivity contribution in [2.75, 3.05) is 26.4 Å². The minimum Gasteiger partial charge on any atom is -0.462 e. The van der Waals surface area contributed by atoms with Crippen LogP contribution in [0, 0.1) is 0 Å². The van der Waals surface area contributed by atoms with Crippen molar-refractivity contribution in [3.05, 3.63) is 0 Å². The van der Waals surface area contributed by atoms with Crippen LogP contribution in [0.15, 0.2) is 0 Å². The molecule has 0 bridgehead atoms. The molecule has 0 amide bonds. The van der Waals surface area contributed by atoms with Crippen LogP contribution in [0.1, 0.15) is 129 Å². The van der Waals surface area contributed by atoms with Crippen molar-refractivity contribution in [3.8, 4) is 0 Å². The molecular weight excluding hydrogens is 497 g/mol. The molecule has 0 aromatic rings. The monoisotopic (exact) mass is 551 g/mol. The molecule has 0 spiro atoms. The lowest BCUT2D eigenvalue weighted by atomic mass is 10.1. The summed E-state index contributed by atoms with van der Waals surface area (Å²) in [6.07, 6.45) is 17.3. The Labute approximate surface area is 225 Å². The number of carbonyl (C=O) groups is 2. The second kappa shape index (κ2) is 25.3. The van der Waals surface area contributed by atoms with Gasteiger partial charge in [-0.3, -0.25) is 18.6 Å². The zero-order chi connectivity index (χ0) is 27.6. The van der Waals surface area contributed by atoms with Crippen LogP contribution in [0.5, 0.6) is 0 Å². The number of phosphoric ester groups is 1. The van der Waals surface area contributed by atoms with Gasteiger partial charge in [-0.25, -0.2) is 4.57 Å². The SMILES string of the molecule is CCCCCCCCCCCC(=O)OCC(COP(=O)(O)OCCN)OC(=O)CCCCCCCCC. The summed E-state index contributed by atoms with van der Waals surface area (Å²) in [4.78, 5) is 34.2. The summed E-state index contributed by atoms with van der Waals surface area (Å²) in [6.45, 7) is 3.62. The molecule has 0 aliphatic heterocycles. The van der Waals surface area contributed by atoms with Gasteiger partial charge in [0, 0.05) is 19.4 Å². The Balaban J connectivity index is 4.35. The molecule has 220 valence electrons. The minimum atomic E-state index is -4.34. The molecule has 0 aromatic carbocycles. The number of esters is 2. The Morgan fingerprint density at radius 1 is 0.703 bits per heavy atom. The lowest BCUT2D eigenvalue weighted by Crippen LogP contribution is -2.29. The average Bonchev–Trinajstić information content (AvgIpc) is 2.87. The topological polar surface area (TPSA) is 134 Å². The Hall–Kier alpha value is -0.990. The van der Waals surface area contributed by atoms with E-state index in [0.717, 1.165) is 38.5 Å². The van der Waals surface area contributed by atoms with Gasteiger partial charge in [-0.15, -0.1) is 0 Å². The molecule has 0 rings (SSSR count). The second-order valence-corrected chi connectivity index (χ2v) is 11.1. The summed E-state index contributed by atoms with van der Waals surface area (Å²) >= 11 is 0. The van der Waals surface area contributed by atoms with Crippen molar-refractivity contribution in [1.82, 2.24) is 0 Å². The van der Waals surface area contributed by atoms with E-state index in [1.807, 2.05) is 0 Å². The zero-order valence-electron chi connectivity index (χ0n) is 23.5. The van der Waals surface area contributed by atoms with Crippen molar-refractivity contribution in [3.63, 3.8) is 0 Å². The second-order valence-electron chi connectivity index (χ2n) is 9.63. The molecule has 0 saturated carbocycles. The first-order valence-electron chi connectivity index (χ1n) is 14.5. The number of ether oxygens (including phenoxy) is 2. The third kappa shape index (κ3) is 25.1. The van der Waals surface area contributed by atoms with Gasteiger partial charge in [0.2, 0.25) is 0 Å². The van der Waals surface area contributed by atoms with E-state index in [1.54, 1.807) is 0 Å². The molecule has 0 fully saturated rings. The van der Waals surface area contributed by atoms with Crippen molar-refractivity contribution in [1.29, 1.82) is 0 Å². The quantitative estimate of drug-likeness (QED) is 0.0658. The predicted octanol–water partition coefficient (Wildman–Crippen LogP) is 6.60. The molecule has 37 heavy (non-hydrogen) atoms. The van der Waals surface area contributed by atoms with Crippen LogP contribution in [-0.2, 0) is 32.7 Å². The largest absolute Gasteiger partial charge is 0.472 e. The highest BCUT2D eigenvalue weighted by Gasteiger charge is 2.25. The average molecular weight is 552 g/mol. The molecule has 0 radical (unpaired) electrons. The normalized spacial score (nSPS) is 13.7. The Morgan fingerprint density at radius 2 is 1.16 bits per heavy atom. The van der Waals surface area contributed by atoms with Crippen LogP contribution < -0.4 is 5.73 Å². The summed E-state index contributed by atoms with van der Waals surface area (Å²) in [6, 6.07) is 0. The van der Waals surface area contributed by atoms with Crippen LogP contribution >= 0.6 is 7.82 Å². The van der Waals surface area contributed by atoms with Gasteiger partial charge in [0.05, 0.1) is 13.2 Å². The van der Waals surface area contributed by atoms with E-state index in [4.69, 9.17) is 24.3 Å². The highest BCUT2D eigenvalue weighted by Crippen LogP contribution is 2.43. The first-order chi connectivity index (χ1) is 17.8. The van der Waals surface area contributed by atoms with E-state index >= 15 is 0 Å². The molecule has 0 aliphatic rings. The molecule has 9 nitrogen and oxygen atoms in total. The zero-order valence-corrected chi connectivity index (χ0v) is 24.4. The van der Waals surface area contributed by atoms with Crippen LogP contribution in [0.4, 0.5) is 0 Å². The fourth-order valence-electron chi connectivity index (χ4n) is 3.81. The summed E-state index contributed by atoms with van der Waals surface area (Å²) in [5, 5.41) is 0. The van der Waals surface area contributed by atoms with Crippen molar-refractivity contribution in [2.24, 2.45) is 5.73 Å². The lowest BCUT2D eigenvalue weighted by molar-refractivity contribution is -0.161. The molecule has 0 aliphatic carbocycles. The molecule has 10 heteroatoms. The number of phosphoric acid groups is 1. The Morgan fingerprint density at radius 3 is 1.65 bits per heavy atom. The Kier molecular flexibility index (Phi) is 24.6. The van der Waals surface area contributed by atoms with Crippen molar-refractivity contribution >= 4 is 19.8 Å². The number of nitrogens with two attached hydrogens (primary N) is 1. The summed E-state index contributed by atoms with van der Waals surface area (Å²) in [7, 11) is -4.34. The molecule has 0 heterocycles. The van der Waals surface area contributed by atoms with E-state index in [0.29, 0.717) is 6.42 Å². The first-order valence-corrected chi connectivity index (χ1v) is 16.0. The molecule has 0 aromatic heterocycles. The van der Waals surface area contributed by atoms with E-state index in [2.05, 4.69) is 13.8 Å². The molecule has 2 unspecified atom stereocenters. The van der Waals surface area contributed by atoms with Crippen molar-refractivity contribution in [2.45, 2.75) is 136 Å². The minimum absolute atomic E-state index is 0.0568. The summed E-state index contributed by atoms with van der Waals surface area (Å²) in [5.74, 6) is -0.838. The first kappa shape index (κ1) is 36.0. The van der Waals surface area contributed by atoms with Gasteiger partial charge in [0.1, 0.15) is 6.61 Å². The summed E-state index contributed by atoms with van der Waals surface area (Å²) < 4.78 is 32.2. The third-order valence-corrected chi connectivity index (χ3v) is 6.98. The maximum atomic E-state index is 12.3. The van der Waals surface area contributed by atoms with Gasteiger partial charge in [0.25, 0.3) is 0 Å². The van der Waals surface area contributed by atoms with Crippen LogP contribution in [-0.4, -0.2) is 49.3 Å². The van der Waals surface area contributed by atoms with E-state index in [9.17, 15) is 19.0 Å². The maximum Gasteiger partial charge on any atom is 0.472 e. The van der Waals surface area contributed by atoms with Crippen LogP contribution in [0.3, 0.4) is 0 Å². The Bertz CT molecular complexity index is 605. The molecule has 3 N–H and O–H groups in total. The predicted molar refractivity (Wildman–Crippen MR) is 146 cm³/mol. The number of hydrogen-bond donors (Lipinski definition) is 2. The van der Waals surface area contributed by atoms with Gasteiger partial charge in [-0.2, -0.15) is 0 Å². The van der Waals surface area contributed by atoms with Gasteiger partial charge >= 0.3 is 19.8 Å². The van der Waals surface area contributed by atoms with Gasteiger partial charge < -0.3 is 20.1 Å². The standard InChI is InChI=1S/C27H54NO8P/c1-3-5-7-9-11-12-14-15-17-19-26(29)33-23-25(24-35-37(31,32)34-22-21-28)36-27(30)20-18-16-13-10-8-6-4-2/h25H,3-24,28H2,1-2H3,(H,31,32). The van der Waals surface area contributed by atoms with E-state index < -0.39 is 26.5 Å². The number of hydrogen-bond acceptors (Lipinski definition) is 8. The third-order valence-electron chi connectivity index (χ3n) is 5.99. The molecular formula is C27H54NO8P. The van der Waals surface area contributed by atoms with E-state index in [1.165, 1.54) is 57.8 Å². The molecule has 0 saturated heterocycles. The summed E-state index contributed by atoms with van der Waals surface area (Å²) in [5.41, 5.74) is 5.28. The fourth-order valence-corrected chi connectivity index (χ4v) is 4.57. The number of carbonyl (C=O) groups excluding carboxylic acids is 2. The van der Waals surface area contributed by atoms with Crippen LogP contribution in [0.25, 0.3) is 0 Å². The van der Waals surface area contributed by atoms with Crippen molar-refractivity contribution < 1.29 is 37.6 Å². The maximum absolute atomic E-state index is 12.3. The van der Waals surface area contributed by atoms with Gasteiger partial charge in [0.15, 0.2) is 6.10 Å². The lowest BCUT2D eigenvalue weighted by Gasteiger charge is -2.19. The smallest absolute Gasteiger partial charge is 0.462 e. The fraction of sp³-hybridized carbons (Fsp3) is 0.926. The van der Waals surface area contributed by atoms with Gasteiger partial charge in [-0.1, -0.05) is 104 Å². The van der Waals surface area contributed by atoms with E-state index in [-0.39, 0.29) is 38.6 Å². The highest BCUT2D eigenvalue weighted by molar-refractivity contribution is 7.47.